The van der Waals surface area contributed by atoms with Gasteiger partial charge in [0.1, 0.15) is 5.52 Å². The van der Waals surface area contributed by atoms with Crippen LogP contribution in [0.15, 0.2) is 47.4 Å². The number of para-hydroxylation sites is 1. The third-order valence-electron chi connectivity index (χ3n) is 5.95. The number of nitrogens with zero attached hydrogens (tertiary/aromatic N) is 4. The fourth-order valence-corrected chi connectivity index (χ4v) is 7.13. The Morgan fingerprint density at radius 3 is 2.39 bits per heavy atom. The van der Waals surface area contributed by atoms with Crippen molar-refractivity contribution >= 4 is 54.2 Å². The number of benzene rings is 2. The van der Waals surface area contributed by atoms with Gasteiger partial charge in [0.25, 0.3) is 5.91 Å². The van der Waals surface area contributed by atoms with Gasteiger partial charge >= 0.3 is 0 Å². The van der Waals surface area contributed by atoms with Crippen LogP contribution < -0.4 is 4.90 Å². The third-order valence-corrected chi connectivity index (χ3v) is 9.14. The largest absolute Gasteiger partial charge is 0.373 e. The van der Waals surface area contributed by atoms with Gasteiger partial charge in [0, 0.05) is 25.2 Å². The molecule has 11 heteroatoms. The van der Waals surface area contributed by atoms with E-state index >= 15 is 0 Å². The summed E-state index contributed by atoms with van der Waals surface area (Å²) in [5, 5.41) is 1.10. The lowest BCUT2D eigenvalue weighted by molar-refractivity contribution is -0.0440. The molecule has 2 aromatic carbocycles. The predicted molar refractivity (Wildman–Crippen MR) is 145 cm³/mol. The second-order valence-electron chi connectivity index (χ2n) is 9.30. The molecule has 1 saturated heterocycles. The van der Waals surface area contributed by atoms with Crippen LogP contribution >= 0.6 is 22.9 Å². The summed E-state index contributed by atoms with van der Waals surface area (Å²) in [6.07, 6.45) is 0.396. The van der Waals surface area contributed by atoms with Gasteiger partial charge in [-0.05, 0) is 77.3 Å². The molecule has 0 aliphatic carbocycles. The van der Waals surface area contributed by atoms with Crippen LogP contribution in [0, 0.1) is 0 Å². The van der Waals surface area contributed by atoms with Gasteiger partial charge in [-0.15, -0.1) is 0 Å². The lowest BCUT2D eigenvalue weighted by Crippen LogP contribution is -2.48. The number of carbonyl (C=O) groups is 1. The molecule has 0 spiro atoms. The van der Waals surface area contributed by atoms with E-state index in [4.69, 9.17) is 16.3 Å². The summed E-state index contributed by atoms with van der Waals surface area (Å²) >= 11 is 7.73. The molecule has 2 atom stereocenters. The van der Waals surface area contributed by atoms with Crippen molar-refractivity contribution in [1.82, 2.24) is 14.2 Å². The van der Waals surface area contributed by atoms with Crippen LogP contribution in [0.2, 0.25) is 5.02 Å². The van der Waals surface area contributed by atoms with Crippen molar-refractivity contribution in [2.45, 2.75) is 37.4 Å². The SMILES string of the molecule is C[C@@H]1CN(S(=O)(=O)c2ccc(C(=O)N(CCCN(C)C)c3nc4c(Cl)cccc4s3)cc2)C[C@@H](C)O1. The quantitative estimate of drug-likeness (QED) is 0.415. The highest BCUT2D eigenvalue weighted by Crippen LogP contribution is 2.33. The molecule has 4 rings (SSSR count). The number of sulfonamides is 1. The van der Waals surface area contributed by atoms with Crippen LogP contribution in [0.25, 0.3) is 10.2 Å². The van der Waals surface area contributed by atoms with Crippen LogP contribution in [0.4, 0.5) is 5.13 Å². The number of halogens is 1. The minimum atomic E-state index is -3.69. The van der Waals surface area contributed by atoms with Crippen molar-refractivity contribution in [1.29, 1.82) is 0 Å². The maximum Gasteiger partial charge on any atom is 0.260 e. The number of anilines is 1. The molecule has 36 heavy (non-hydrogen) atoms. The van der Waals surface area contributed by atoms with E-state index in [1.54, 1.807) is 23.1 Å². The smallest absolute Gasteiger partial charge is 0.260 e. The summed E-state index contributed by atoms with van der Waals surface area (Å²) < 4.78 is 34.4. The lowest BCUT2D eigenvalue weighted by Gasteiger charge is -2.34. The summed E-state index contributed by atoms with van der Waals surface area (Å²) in [4.78, 5) is 22.1. The van der Waals surface area contributed by atoms with Crippen LogP contribution in [0.5, 0.6) is 0 Å². The van der Waals surface area contributed by atoms with Crippen molar-refractivity contribution < 1.29 is 17.9 Å². The van der Waals surface area contributed by atoms with Gasteiger partial charge in [0.05, 0.1) is 26.8 Å². The second kappa shape index (κ2) is 11.1. The highest BCUT2D eigenvalue weighted by atomic mass is 35.5. The Morgan fingerprint density at radius 2 is 1.78 bits per heavy atom. The number of amides is 1. The topological polar surface area (TPSA) is 83.1 Å². The Hall–Kier alpha value is -2.08. The number of thiazole rings is 1. The molecular formula is C25H31ClN4O4S2. The number of carbonyl (C=O) groups excluding carboxylic acids is 1. The molecule has 0 N–H and O–H groups in total. The normalized spacial score (nSPS) is 19.2. The highest BCUT2D eigenvalue weighted by Gasteiger charge is 2.32. The van der Waals surface area contributed by atoms with Crippen LogP contribution in [0.1, 0.15) is 30.6 Å². The molecule has 0 radical (unpaired) electrons. The molecule has 0 unspecified atom stereocenters. The van der Waals surface area contributed by atoms with E-state index in [1.807, 2.05) is 40.1 Å². The Labute approximate surface area is 221 Å². The van der Waals surface area contributed by atoms with Gasteiger partial charge in [0.2, 0.25) is 10.0 Å². The van der Waals surface area contributed by atoms with Crippen LogP contribution in [-0.2, 0) is 14.8 Å². The highest BCUT2D eigenvalue weighted by molar-refractivity contribution is 7.89. The molecule has 1 aliphatic rings. The predicted octanol–water partition coefficient (Wildman–Crippen LogP) is 4.35. The Morgan fingerprint density at radius 1 is 1.11 bits per heavy atom. The molecule has 194 valence electrons. The average molecular weight is 551 g/mol. The zero-order valence-electron chi connectivity index (χ0n) is 20.8. The number of morpholine rings is 1. The van der Waals surface area contributed by atoms with Crippen LogP contribution in [-0.4, -0.2) is 81.0 Å². The van der Waals surface area contributed by atoms with E-state index in [2.05, 4.69) is 9.88 Å². The first-order valence-electron chi connectivity index (χ1n) is 11.8. The molecule has 1 aliphatic heterocycles. The number of rotatable bonds is 8. The van der Waals surface area contributed by atoms with Crippen molar-refractivity contribution in [3.63, 3.8) is 0 Å². The molecule has 1 fully saturated rings. The summed E-state index contributed by atoms with van der Waals surface area (Å²) in [5.41, 5.74) is 1.06. The van der Waals surface area contributed by atoms with Gasteiger partial charge in [-0.2, -0.15) is 4.31 Å². The molecule has 0 saturated carbocycles. The standard InChI is InChI=1S/C25H31ClN4O4S2/c1-17-15-29(16-18(2)34-17)36(32,33)20-11-9-19(10-12-20)24(31)30(14-6-13-28(3)4)25-27-23-21(26)7-5-8-22(23)35-25/h5,7-12,17-18H,6,13-16H2,1-4H3/t17-,18-/m1/s1. The minimum absolute atomic E-state index is 0.159. The van der Waals surface area contributed by atoms with Gasteiger partial charge in [-0.25, -0.2) is 13.4 Å². The summed E-state index contributed by atoms with van der Waals surface area (Å²) in [7, 11) is 0.279. The van der Waals surface area contributed by atoms with Gasteiger partial charge in [0.15, 0.2) is 5.13 Å². The average Bonchev–Trinajstić information content (AvgIpc) is 3.26. The zero-order valence-corrected chi connectivity index (χ0v) is 23.2. The molecule has 8 nitrogen and oxygen atoms in total. The number of hydrogen-bond acceptors (Lipinski definition) is 7. The number of fused-ring (bicyclic) bond motifs is 1. The van der Waals surface area contributed by atoms with Gasteiger partial charge in [-0.1, -0.05) is 29.0 Å². The molecule has 1 amide bonds. The minimum Gasteiger partial charge on any atom is -0.373 e. The number of ether oxygens (including phenoxy) is 1. The van der Waals surface area contributed by atoms with E-state index < -0.39 is 10.0 Å². The molecule has 0 bridgehead atoms. The Kier molecular flexibility index (Phi) is 8.33. The van der Waals surface area contributed by atoms with Crippen molar-refractivity contribution in [2.75, 3.05) is 45.2 Å². The van der Waals surface area contributed by atoms with Crippen molar-refractivity contribution in [3.8, 4) is 0 Å². The maximum absolute atomic E-state index is 13.6. The van der Waals surface area contributed by atoms with Crippen molar-refractivity contribution in [3.05, 3.63) is 53.1 Å². The number of aromatic nitrogens is 1. The summed E-state index contributed by atoms with van der Waals surface area (Å²) in [6, 6.07) is 11.7. The fraction of sp³-hybridized carbons (Fsp3) is 0.440. The van der Waals surface area contributed by atoms with E-state index in [0.717, 1.165) is 17.7 Å². The fourth-order valence-electron chi connectivity index (χ4n) is 4.25. The first-order valence-corrected chi connectivity index (χ1v) is 14.5. The first kappa shape index (κ1) is 27.0. The second-order valence-corrected chi connectivity index (χ2v) is 12.7. The Balaban J connectivity index is 1.60. The van der Waals surface area contributed by atoms with Gasteiger partial charge < -0.3 is 9.64 Å². The zero-order chi connectivity index (χ0) is 26.0. The first-order chi connectivity index (χ1) is 17.1. The Bertz CT molecular complexity index is 1320. The molecular weight excluding hydrogens is 520 g/mol. The molecule has 1 aromatic heterocycles. The van der Waals surface area contributed by atoms with E-state index in [-0.39, 0.29) is 23.0 Å². The van der Waals surface area contributed by atoms with Crippen LogP contribution in [0.3, 0.4) is 0 Å². The van der Waals surface area contributed by atoms with E-state index in [1.165, 1.54) is 27.8 Å². The monoisotopic (exact) mass is 550 g/mol. The van der Waals surface area contributed by atoms with Gasteiger partial charge in [-0.3, -0.25) is 9.69 Å². The number of hydrogen-bond donors (Lipinski definition) is 0. The lowest BCUT2D eigenvalue weighted by atomic mass is 10.2. The molecule has 2 heterocycles. The molecule has 3 aromatic rings. The van der Waals surface area contributed by atoms with Crippen molar-refractivity contribution in [2.24, 2.45) is 0 Å². The maximum atomic E-state index is 13.6. The summed E-state index contributed by atoms with van der Waals surface area (Å²) in [6.45, 7) is 5.60. The summed E-state index contributed by atoms with van der Waals surface area (Å²) in [5.74, 6) is -0.235. The van der Waals surface area contributed by atoms with E-state index in [0.29, 0.717) is 40.9 Å². The third kappa shape index (κ3) is 5.90. The van der Waals surface area contributed by atoms with E-state index in [9.17, 15) is 13.2 Å².